The topological polar surface area (TPSA) is 45.0 Å². The van der Waals surface area contributed by atoms with Crippen molar-refractivity contribution in [2.75, 3.05) is 11.4 Å². The minimum atomic E-state index is -0.725. The van der Waals surface area contributed by atoms with E-state index in [1.807, 2.05) is 53.4 Å². The molecule has 1 amide bonds. The molecule has 4 nitrogen and oxygen atoms in total. The van der Waals surface area contributed by atoms with Crippen LogP contribution >= 0.6 is 0 Å². The number of rotatable bonds is 2. The van der Waals surface area contributed by atoms with Crippen LogP contribution in [0.25, 0.3) is 0 Å². The summed E-state index contributed by atoms with van der Waals surface area (Å²) >= 11 is 0. The van der Waals surface area contributed by atoms with Crippen LogP contribution in [0, 0.1) is 5.92 Å². The fraction of sp³-hybridized carbons (Fsp3) is 0.278. The Kier molecular flexibility index (Phi) is 2.86. The quantitative estimate of drug-likeness (QED) is 0.779. The van der Waals surface area contributed by atoms with E-state index in [0.29, 0.717) is 6.54 Å². The minimum Gasteiger partial charge on any atom is -0.300 e. The fourth-order valence-corrected chi connectivity index (χ4v) is 3.55. The molecule has 1 spiro atoms. The van der Waals surface area contributed by atoms with Gasteiger partial charge in [-0.05, 0) is 17.7 Å². The van der Waals surface area contributed by atoms with Crippen LogP contribution in [0.1, 0.15) is 18.5 Å². The third-order valence-corrected chi connectivity index (χ3v) is 4.73. The van der Waals surface area contributed by atoms with Crippen LogP contribution in [0.15, 0.2) is 70.9 Å². The molecule has 2 heterocycles. The summed E-state index contributed by atoms with van der Waals surface area (Å²) in [5, 5.41) is 8.57. The van der Waals surface area contributed by atoms with E-state index in [4.69, 9.17) is 0 Å². The largest absolute Gasteiger partial charge is 0.300 e. The van der Waals surface area contributed by atoms with Crippen molar-refractivity contribution in [3.63, 3.8) is 0 Å². The summed E-state index contributed by atoms with van der Waals surface area (Å²) in [5.41, 5.74) is 1.30. The number of amides is 1. The first kappa shape index (κ1) is 13.2. The van der Waals surface area contributed by atoms with Gasteiger partial charge in [0.25, 0.3) is 5.91 Å². The van der Waals surface area contributed by atoms with Crippen LogP contribution in [0.2, 0.25) is 0 Å². The molecule has 0 saturated carbocycles. The first-order valence-corrected chi connectivity index (χ1v) is 7.57. The molecule has 2 aliphatic rings. The van der Waals surface area contributed by atoms with E-state index in [-0.39, 0.29) is 17.9 Å². The maximum atomic E-state index is 13.0. The van der Waals surface area contributed by atoms with Crippen molar-refractivity contribution in [3.05, 3.63) is 66.2 Å². The van der Waals surface area contributed by atoms with Gasteiger partial charge in [-0.25, -0.2) is 0 Å². The van der Waals surface area contributed by atoms with Gasteiger partial charge < -0.3 is 0 Å². The highest BCUT2D eigenvalue weighted by molar-refractivity contribution is 6.09. The van der Waals surface area contributed by atoms with E-state index < -0.39 is 5.54 Å². The maximum Gasteiger partial charge on any atom is 0.260 e. The molecule has 0 aliphatic carbocycles. The number of para-hydroxylation sites is 1. The van der Waals surface area contributed by atoms with Crippen LogP contribution in [0.5, 0.6) is 0 Å². The standard InChI is InChI=1S/C18H17N3O/c1-13-12-19-20-18(13)16(14-8-4-2-5-9-14)21(17(18)22)15-10-6-3-7-11-15/h2-11,13,16H,12H2,1H3/t13-,16-,18+/m0/s1. The van der Waals surface area contributed by atoms with Gasteiger partial charge in [0, 0.05) is 11.6 Å². The number of anilines is 1. The van der Waals surface area contributed by atoms with Gasteiger partial charge in [0.05, 0.1) is 12.6 Å². The average Bonchev–Trinajstić information content (AvgIpc) is 2.97. The molecule has 0 radical (unpaired) electrons. The molecule has 2 aliphatic heterocycles. The van der Waals surface area contributed by atoms with Crippen molar-refractivity contribution in [1.29, 1.82) is 0 Å². The third kappa shape index (κ3) is 1.61. The zero-order valence-corrected chi connectivity index (χ0v) is 12.4. The Hall–Kier alpha value is -2.49. The molecule has 1 saturated heterocycles. The number of azo groups is 1. The maximum absolute atomic E-state index is 13.0. The highest BCUT2D eigenvalue weighted by Crippen LogP contribution is 2.54. The Balaban J connectivity index is 1.83. The van der Waals surface area contributed by atoms with Gasteiger partial charge in [0.1, 0.15) is 0 Å². The Bertz CT molecular complexity index is 729. The van der Waals surface area contributed by atoms with Gasteiger partial charge in [-0.3, -0.25) is 9.69 Å². The summed E-state index contributed by atoms with van der Waals surface area (Å²) in [6.45, 7) is 2.69. The van der Waals surface area contributed by atoms with Gasteiger partial charge in [-0.2, -0.15) is 10.2 Å². The van der Waals surface area contributed by atoms with Crippen LogP contribution in [0.4, 0.5) is 5.69 Å². The Morgan fingerprint density at radius 2 is 1.68 bits per heavy atom. The van der Waals surface area contributed by atoms with Crippen molar-refractivity contribution >= 4 is 11.6 Å². The summed E-state index contributed by atoms with van der Waals surface area (Å²) in [6.07, 6.45) is 0. The van der Waals surface area contributed by atoms with Crippen molar-refractivity contribution < 1.29 is 4.79 Å². The molecule has 2 aromatic carbocycles. The van der Waals surface area contributed by atoms with E-state index >= 15 is 0 Å². The van der Waals surface area contributed by atoms with Crippen molar-refractivity contribution in [1.82, 2.24) is 0 Å². The van der Waals surface area contributed by atoms with Gasteiger partial charge in [0.15, 0.2) is 5.54 Å². The van der Waals surface area contributed by atoms with Gasteiger partial charge in [-0.15, -0.1) is 0 Å². The van der Waals surface area contributed by atoms with E-state index in [9.17, 15) is 4.79 Å². The number of carbonyl (C=O) groups is 1. The van der Waals surface area contributed by atoms with Gasteiger partial charge in [0.2, 0.25) is 0 Å². The average molecular weight is 291 g/mol. The summed E-state index contributed by atoms with van der Waals surface area (Å²) in [6, 6.07) is 19.9. The zero-order chi connectivity index (χ0) is 15.2. The molecule has 22 heavy (non-hydrogen) atoms. The van der Waals surface area contributed by atoms with E-state index in [1.165, 1.54) is 0 Å². The van der Waals surface area contributed by atoms with Crippen molar-refractivity contribution in [3.8, 4) is 0 Å². The number of benzene rings is 2. The van der Waals surface area contributed by atoms with Gasteiger partial charge >= 0.3 is 0 Å². The highest BCUT2D eigenvalue weighted by Gasteiger charge is 2.66. The summed E-state index contributed by atoms with van der Waals surface area (Å²) in [4.78, 5) is 14.8. The summed E-state index contributed by atoms with van der Waals surface area (Å²) < 4.78 is 0. The summed E-state index contributed by atoms with van der Waals surface area (Å²) in [5.74, 6) is 0.187. The lowest BCUT2D eigenvalue weighted by molar-refractivity contribution is -0.134. The minimum absolute atomic E-state index is 0.0568. The number of hydrogen-bond donors (Lipinski definition) is 0. The molecular weight excluding hydrogens is 274 g/mol. The number of nitrogens with zero attached hydrogens (tertiary/aromatic N) is 3. The lowest BCUT2D eigenvalue weighted by atomic mass is 9.68. The molecule has 110 valence electrons. The number of hydrogen-bond acceptors (Lipinski definition) is 3. The molecule has 3 atom stereocenters. The Morgan fingerprint density at radius 1 is 1.05 bits per heavy atom. The lowest BCUT2D eigenvalue weighted by Crippen LogP contribution is -2.69. The first-order valence-electron chi connectivity index (χ1n) is 7.57. The number of β-lactam (4-membered cyclic amide) rings is 1. The van der Waals surface area contributed by atoms with Crippen LogP contribution in [0.3, 0.4) is 0 Å². The molecule has 0 N–H and O–H groups in total. The van der Waals surface area contributed by atoms with Crippen LogP contribution in [-0.2, 0) is 4.79 Å². The molecule has 1 fully saturated rings. The molecule has 4 rings (SSSR count). The lowest BCUT2D eigenvalue weighted by Gasteiger charge is -2.53. The smallest absolute Gasteiger partial charge is 0.260 e. The molecule has 0 aromatic heterocycles. The van der Waals surface area contributed by atoms with E-state index in [1.54, 1.807) is 0 Å². The second-order valence-electron chi connectivity index (χ2n) is 5.97. The SMILES string of the molecule is C[C@H]1CN=N[C@]12C(=O)N(c1ccccc1)[C@H]2c1ccccc1. The molecule has 4 heteroatoms. The van der Waals surface area contributed by atoms with Crippen LogP contribution < -0.4 is 4.90 Å². The number of carbonyl (C=O) groups excluding carboxylic acids is 1. The van der Waals surface area contributed by atoms with Crippen molar-refractivity contribution in [2.24, 2.45) is 16.1 Å². The Morgan fingerprint density at radius 3 is 2.27 bits per heavy atom. The summed E-state index contributed by atoms with van der Waals surface area (Å²) in [7, 11) is 0. The van der Waals surface area contributed by atoms with Gasteiger partial charge in [-0.1, -0.05) is 55.5 Å². The molecular formula is C18H17N3O. The van der Waals surface area contributed by atoms with Crippen molar-refractivity contribution in [2.45, 2.75) is 18.5 Å². The predicted molar refractivity (Wildman–Crippen MR) is 84.7 cm³/mol. The normalized spacial score (nSPS) is 29.9. The van der Waals surface area contributed by atoms with Crippen LogP contribution in [-0.4, -0.2) is 18.0 Å². The highest BCUT2D eigenvalue weighted by atomic mass is 16.2. The zero-order valence-electron chi connectivity index (χ0n) is 12.4. The predicted octanol–water partition coefficient (Wildman–Crippen LogP) is 3.62. The second kappa shape index (κ2) is 4.77. The van der Waals surface area contributed by atoms with E-state index in [0.717, 1.165) is 11.3 Å². The Labute approximate surface area is 129 Å². The fourth-order valence-electron chi connectivity index (χ4n) is 3.55. The van der Waals surface area contributed by atoms with E-state index in [2.05, 4.69) is 29.3 Å². The molecule has 2 aromatic rings. The second-order valence-corrected chi connectivity index (χ2v) is 5.97. The molecule has 0 bridgehead atoms. The third-order valence-electron chi connectivity index (χ3n) is 4.73. The molecule has 0 unspecified atom stereocenters. The first-order chi connectivity index (χ1) is 10.7. The monoisotopic (exact) mass is 291 g/mol.